The largest absolute Gasteiger partial charge is 0.355 e. The summed E-state index contributed by atoms with van der Waals surface area (Å²) in [6, 6.07) is 0. The van der Waals surface area contributed by atoms with Crippen LogP contribution in [0.3, 0.4) is 0 Å². The Kier molecular flexibility index (Phi) is 5.35. The normalized spacial score (nSPS) is 19.9. The Labute approximate surface area is 103 Å². The average molecular weight is 263 g/mol. The molecule has 0 bridgehead atoms. The van der Waals surface area contributed by atoms with E-state index in [0.717, 1.165) is 13.0 Å². The van der Waals surface area contributed by atoms with Gasteiger partial charge in [-0.15, -0.1) is 0 Å². The molecule has 0 spiro atoms. The number of nitrogens with one attached hydrogen (secondary N) is 1. The molecule has 0 radical (unpaired) electrons. The van der Waals surface area contributed by atoms with Crippen molar-refractivity contribution in [3.05, 3.63) is 0 Å². The van der Waals surface area contributed by atoms with Crippen molar-refractivity contribution in [2.75, 3.05) is 45.5 Å². The zero-order valence-electron chi connectivity index (χ0n) is 10.5. The zero-order chi connectivity index (χ0) is 12.9. The first-order valence-electron chi connectivity index (χ1n) is 5.87. The molecule has 0 aromatic carbocycles. The molecule has 0 saturated carbocycles. The van der Waals surface area contributed by atoms with Crippen LogP contribution in [0.15, 0.2) is 0 Å². The molecule has 1 heterocycles. The highest BCUT2D eigenvalue weighted by molar-refractivity contribution is 7.88. The van der Waals surface area contributed by atoms with Crippen molar-refractivity contribution in [1.29, 1.82) is 0 Å². The maximum absolute atomic E-state index is 11.4. The fraction of sp³-hybridized carbons (Fsp3) is 0.900. The second-order valence-corrected chi connectivity index (χ2v) is 6.23. The van der Waals surface area contributed by atoms with Gasteiger partial charge in [-0.05, 0) is 19.9 Å². The molecule has 17 heavy (non-hydrogen) atoms. The van der Waals surface area contributed by atoms with Crippen LogP contribution >= 0.6 is 0 Å². The van der Waals surface area contributed by atoms with E-state index in [1.54, 1.807) is 0 Å². The van der Waals surface area contributed by atoms with Gasteiger partial charge < -0.3 is 5.32 Å². The minimum absolute atomic E-state index is 0.000283. The van der Waals surface area contributed by atoms with Gasteiger partial charge in [0.05, 0.1) is 12.8 Å². The summed E-state index contributed by atoms with van der Waals surface area (Å²) in [5, 5.41) is 2.74. The number of amides is 1. The molecule has 1 amide bonds. The number of sulfonamides is 1. The standard InChI is InChI=1S/C10H21N3O3S/c1-3-11-10(14)9-12-5-4-6-13(8-7-12)17(2,15)16/h3-9H2,1-2H3,(H,11,14). The van der Waals surface area contributed by atoms with Crippen LogP contribution in [0, 0.1) is 0 Å². The molecule has 0 aromatic heterocycles. The van der Waals surface area contributed by atoms with Crippen LogP contribution in [-0.2, 0) is 14.8 Å². The summed E-state index contributed by atoms with van der Waals surface area (Å²) in [4.78, 5) is 13.4. The number of likely N-dealkylation sites (N-methyl/N-ethyl adjacent to an activating group) is 1. The Morgan fingerprint density at radius 2 is 1.94 bits per heavy atom. The summed E-state index contributed by atoms with van der Waals surface area (Å²) in [6.45, 7) is 5.26. The van der Waals surface area contributed by atoms with E-state index < -0.39 is 10.0 Å². The van der Waals surface area contributed by atoms with Crippen LogP contribution in [0.5, 0.6) is 0 Å². The topological polar surface area (TPSA) is 69.7 Å². The molecular weight excluding hydrogens is 242 g/mol. The lowest BCUT2D eigenvalue weighted by molar-refractivity contribution is -0.122. The van der Waals surface area contributed by atoms with Crippen LogP contribution < -0.4 is 5.32 Å². The first kappa shape index (κ1) is 14.4. The molecule has 1 aliphatic rings. The van der Waals surface area contributed by atoms with E-state index >= 15 is 0 Å². The maximum atomic E-state index is 11.4. The number of hydrogen-bond acceptors (Lipinski definition) is 4. The van der Waals surface area contributed by atoms with Crippen molar-refractivity contribution >= 4 is 15.9 Å². The van der Waals surface area contributed by atoms with Crippen molar-refractivity contribution in [2.24, 2.45) is 0 Å². The van der Waals surface area contributed by atoms with Gasteiger partial charge in [-0.25, -0.2) is 12.7 Å². The fourth-order valence-electron chi connectivity index (χ4n) is 1.89. The van der Waals surface area contributed by atoms with E-state index in [1.807, 2.05) is 11.8 Å². The van der Waals surface area contributed by atoms with Gasteiger partial charge in [-0.3, -0.25) is 9.69 Å². The summed E-state index contributed by atoms with van der Waals surface area (Å²) in [5.74, 6) is 0.000283. The van der Waals surface area contributed by atoms with Crippen LogP contribution in [0.2, 0.25) is 0 Å². The minimum atomic E-state index is -3.11. The molecule has 1 rings (SSSR count). The highest BCUT2D eigenvalue weighted by Gasteiger charge is 2.21. The van der Waals surface area contributed by atoms with E-state index in [4.69, 9.17) is 0 Å². The van der Waals surface area contributed by atoms with Crippen molar-refractivity contribution in [3.63, 3.8) is 0 Å². The van der Waals surface area contributed by atoms with Crippen LogP contribution in [-0.4, -0.2) is 69.1 Å². The average Bonchev–Trinajstić information content (AvgIpc) is 2.42. The number of rotatable bonds is 4. The van der Waals surface area contributed by atoms with Crippen molar-refractivity contribution in [2.45, 2.75) is 13.3 Å². The molecule has 1 fully saturated rings. The van der Waals surface area contributed by atoms with Gasteiger partial charge in [0, 0.05) is 26.2 Å². The van der Waals surface area contributed by atoms with Crippen molar-refractivity contribution < 1.29 is 13.2 Å². The summed E-state index contributed by atoms with van der Waals surface area (Å²) >= 11 is 0. The Hall–Kier alpha value is -0.660. The van der Waals surface area contributed by atoms with Crippen LogP contribution in [0.25, 0.3) is 0 Å². The fourth-order valence-corrected chi connectivity index (χ4v) is 2.77. The summed E-state index contributed by atoms with van der Waals surface area (Å²) in [6.07, 6.45) is 2.00. The predicted molar refractivity (Wildman–Crippen MR) is 66.2 cm³/mol. The van der Waals surface area contributed by atoms with E-state index in [2.05, 4.69) is 5.32 Å². The van der Waals surface area contributed by atoms with Gasteiger partial charge in [0.15, 0.2) is 0 Å². The number of carbonyl (C=O) groups excluding carboxylic acids is 1. The Bertz CT molecular complexity index is 356. The van der Waals surface area contributed by atoms with Crippen molar-refractivity contribution in [1.82, 2.24) is 14.5 Å². The number of carbonyl (C=O) groups is 1. The molecule has 0 unspecified atom stereocenters. The smallest absolute Gasteiger partial charge is 0.234 e. The molecule has 7 heteroatoms. The van der Waals surface area contributed by atoms with Crippen molar-refractivity contribution in [3.8, 4) is 0 Å². The highest BCUT2D eigenvalue weighted by atomic mass is 32.2. The van der Waals surface area contributed by atoms with E-state index in [0.29, 0.717) is 32.7 Å². The SMILES string of the molecule is CCNC(=O)CN1CCCN(S(C)(=O)=O)CC1. The highest BCUT2D eigenvalue weighted by Crippen LogP contribution is 2.06. The molecule has 0 aliphatic carbocycles. The predicted octanol–water partition coefficient (Wildman–Crippen LogP) is -0.910. The van der Waals surface area contributed by atoms with E-state index in [-0.39, 0.29) is 5.91 Å². The lowest BCUT2D eigenvalue weighted by Gasteiger charge is -2.19. The molecule has 1 N–H and O–H groups in total. The lowest BCUT2D eigenvalue weighted by Crippen LogP contribution is -2.39. The Balaban J connectivity index is 2.45. The number of hydrogen-bond donors (Lipinski definition) is 1. The molecule has 0 atom stereocenters. The van der Waals surface area contributed by atoms with Gasteiger partial charge in [0.1, 0.15) is 0 Å². The molecular formula is C10H21N3O3S. The van der Waals surface area contributed by atoms with Gasteiger partial charge in [0.25, 0.3) is 0 Å². The number of nitrogens with zero attached hydrogens (tertiary/aromatic N) is 2. The summed E-state index contributed by atoms with van der Waals surface area (Å²) < 4.78 is 24.3. The Morgan fingerprint density at radius 1 is 1.24 bits per heavy atom. The zero-order valence-corrected chi connectivity index (χ0v) is 11.3. The molecule has 100 valence electrons. The first-order valence-corrected chi connectivity index (χ1v) is 7.72. The van der Waals surface area contributed by atoms with Crippen LogP contribution in [0.4, 0.5) is 0 Å². The minimum Gasteiger partial charge on any atom is -0.355 e. The van der Waals surface area contributed by atoms with E-state index in [9.17, 15) is 13.2 Å². The third-order valence-electron chi connectivity index (χ3n) is 2.76. The molecule has 1 aliphatic heterocycles. The van der Waals surface area contributed by atoms with Crippen LogP contribution in [0.1, 0.15) is 13.3 Å². The first-order chi connectivity index (χ1) is 7.93. The molecule has 6 nitrogen and oxygen atoms in total. The molecule has 0 aromatic rings. The lowest BCUT2D eigenvalue weighted by atomic mass is 10.4. The van der Waals surface area contributed by atoms with E-state index in [1.165, 1.54) is 10.6 Å². The van der Waals surface area contributed by atoms with Gasteiger partial charge in [0.2, 0.25) is 15.9 Å². The van der Waals surface area contributed by atoms with Gasteiger partial charge in [-0.2, -0.15) is 0 Å². The van der Waals surface area contributed by atoms with Gasteiger partial charge >= 0.3 is 0 Å². The summed E-state index contributed by atoms with van der Waals surface area (Å²) in [5.41, 5.74) is 0. The monoisotopic (exact) mass is 263 g/mol. The summed E-state index contributed by atoms with van der Waals surface area (Å²) in [7, 11) is -3.11. The Morgan fingerprint density at radius 3 is 2.53 bits per heavy atom. The second kappa shape index (κ2) is 6.32. The maximum Gasteiger partial charge on any atom is 0.234 e. The molecule has 1 saturated heterocycles. The second-order valence-electron chi connectivity index (χ2n) is 4.25. The quantitative estimate of drug-likeness (QED) is 0.713. The third-order valence-corrected chi connectivity index (χ3v) is 4.06. The van der Waals surface area contributed by atoms with Gasteiger partial charge in [-0.1, -0.05) is 0 Å². The third kappa shape index (κ3) is 5.01.